The van der Waals surface area contributed by atoms with Crippen LogP contribution >= 0.6 is 0 Å². The van der Waals surface area contributed by atoms with Gasteiger partial charge in [-0.2, -0.15) is 0 Å². The predicted molar refractivity (Wildman–Crippen MR) is 85.8 cm³/mol. The minimum atomic E-state index is -1.24. The van der Waals surface area contributed by atoms with Crippen LogP contribution in [0.15, 0.2) is 6.33 Å². The van der Waals surface area contributed by atoms with Crippen LogP contribution in [0.1, 0.15) is 6.23 Å². The van der Waals surface area contributed by atoms with Gasteiger partial charge in [0.1, 0.15) is 24.6 Å². The first kappa shape index (κ1) is 16.4. The maximum atomic E-state index is 10.4. The number of imidazole rings is 1. The topological polar surface area (TPSA) is 152 Å². The van der Waals surface area contributed by atoms with Crippen molar-refractivity contribution < 1.29 is 24.8 Å². The van der Waals surface area contributed by atoms with E-state index in [4.69, 9.17) is 15.2 Å². The number of nitrogens with zero attached hydrogens (tertiary/aromatic N) is 5. The highest BCUT2D eigenvalue weighted by atomic mass is 16.6. The summed E-state index contributed by atoms with van der Waals surface area (Å²) < 4.78 is 12.6. The van der Waals surface area contributed by atoms with Crippen LogP contribution in [0.25, 0.3) is 11.2 Å². The van der Waals surface area contributed by atoms with Gasteiger partial charge in [0.25, 0.3) is 0 Å². The molecule has 5 N–H and O–H groups in total. The lowest BCUT2D eigenvalue weighted by Crippen LogP contribution is -2.39. The quantitative estimate of drug-likeness (QED) is 0.481. The summed E-state index contributed by atoms with van der Waals surface area (Å²) in [6, 6.07) is 0. The lowest BCUT2D eigenvalue weighted by atomic mass is 10.1. The molecule has 0 aliphatic carbocycles. The third kappa shape index (κ3) is 2.60. The Kier molecular flexibility index (Phi) is 4.17. The number of aromatic nitrogens is 4. The number of aliphatic hydroxyl groups excluding tert-OH is 3. The fourth-order valence-electron chi connectivity index (χ4n) is 3.23. The van der Waals surface area contributed by atoms with Gasteiger partial charge in [0.05, 0.1) is 19.8 Å². The molecule has 0 radical (unpaired) electrons. The van der Waals surface area contributed by atoms with Gasteiger partial charge < -0.3 is 35.4 Å². The first-order chi connectivity index (χ1) is 12.1. The van der Waals surface area contributed by atoms with Crippen molar-refractivity contribution >= 4 is 22.9 Å². The average molecular weight is 352 g/mol. The van der Waals surface area contributed by atoms with E-state index >= 15 is 0 Å². The molecular weight excluding hydrogens is 332 g/mol. The van der Waals surface area contributed by atoms with E-state index in [1.165, 1.54) is 6.33 Å². The van der Waals surface area contributed by atoms with Crippen molar-refractivity contribution in [3.8, 4) is 0 Å². The van der Waals surface area contributed by atoms with Crippen molar-refractivity contribution in [2.75, 3.05) is 43.5 Å². The van der Waals surface area contributed by atoms with Gasteiger partial charge in [-0.15, -0.1) is 0 Å². The maximum Gasteiger partial charge on any atom is 0.210 e. The van der Waals surface area contributed by atoms with Gasteiger partial charge in [-0.1, -0.05) is 0 Å². The second kappa shape index (κ2) is 6.35. The summed E-state index contributed by atoms with van der Waals surface area (Å²) in [5.74, 6) is 0.713. The molecule has 0 aromatic carbocycles. The Bertz CT molecular complexity index is 763. The SMILES string of the molecule is Nc1ncnc2c1nc(N1CCOCC1)n2[C@H]1O[C@@H](CO)[C@@H](O)C1O. The van der Waals surface area contributed by atoms with E-state index in [2.05, 4.69) is 15.0 Å². The van der Waals surface area contributed by atoms with Crippen LogP contribution in [0, 0.1) is 0 Å². The fourth-order valence-corrected chi connectivity index (χ4v) is 3.23. The molecule has 136 valence electrons. The molecule has 0 bridgehead atoms. The normalized spacial score (nSPS) is 30.3. The Labute approximate surface area is 142 Å². The largest absolute Gasteiger partial charge is 0.394 e. The molecule has 4 heterocycles. The van der Waals surface area contributed by atoms with Crippen molar-refractivity contribution in [1.82, 2.24) is 19.5 Å². The number of aliphatic hydroxyl groups is 3. The highest BCUT2D eigenvalue weighted by Gasteiger charge is 2.45. The van der Waals surface area contributed by atoms with Crippen LogP contribution in [0.3, 0.4) is 0 Å². The number of anilines is 2. The summed E-state index contributed by atoms with van der Waals surface area (Å²) >= 11 is 0. The van der Waals surface area contributed by atoms with Crippen LogP contribution in [-0.2, 0) is 9.47 Å². The standard InChI is InChI=1S/C14H20N6O5/c15-11-8-12(17-6-16-11)20(13-10(23)9(22)7(5-21)25-13)14(18-8)19-1-3-24-4-2-19/h6-7,9-10,13,21-23H,1-5H2,(H2,15,16,17)/t7-,9+,10?,13-/m0/s1. The molecule has 2 aromatic rings. The van der Waals surface area contributed by atoms with Gasteiger partial charge in [-0.3, -0.25) is 4.57 Å². The van der Waals surface area contributed by atoms with Gasteiger partial charge in [0, 0.05) is 13.1 Å². The van der Waals surface area contributed by atoms with Crippen molar-refractivity contribution in [2.24, 2.45) is 0 Å². The first-order valence-corrected chi connectivity index (χ1v) is 8.05. The number of fused-ring (bicyclic) bond motifs is 1. The number of nitrogens with two attached hydrogens (primary N) is 1. The molecule has 2 fully saturated rings. The molecule has 2 aliphatic heterocycles. The summed E-state index contributed by atoms with van der Waals surface area (Å²) in [7, 11) is 0. The van der Waals surface area contributed by atoms with E-state index in [0.29, 0.717) is 43.4 Å². The molecule has 2 aliphatic rings. The summed E-state index contributed by atoms with van der Waals surface area (Å²) in [4.78, 5) is 14.7. The molecule has 0 amide bonds. The molecule has 11 nitrogen and oxygen atoms in total. The summed E-state index contributed by atoms with van der Waals surface area (Å²) in [6.07, 6.45) is -3.01. The zero-order valence-corrected chi connectivity index (χ0v) is 13.4. The Morgan fingerprint density at radius 3 is 2.64 bits per heavy atom. The maximum absolute atomic E-state index is 10.4. The molecule has 25 heavy (non-hydrogen) atoms. The van der Waals surface area contributed by atoms with Crippen LogP contribution in [0.4, 0.5) is 11.8 Å². The van der Waals surface area contributed by atoms with Gasteiger partial charge in [-0.05, 0) is 0 Å². The third-order valence-corrected chi connectivity index (χ3v) is 4.55. The van der Waals surface area contributed by atoms with E-state index in [1.54, 1.807) is 4.57 Å². The summed E-state index contributed by atoms with van der Waals surface area (Å²) in [5, 5.41) is 29.9. The lowest BCUT2D eigenvalue weighted by molar-refractivity contribution is -0.0506. The van der Waals surface area contributed by atoms with Crippen molar-refractivity contribution in [3.05, 3.63) is 6.33 Å². The van der Waals surface area contributed by atoms with Crippen LogP contribution in [0.2, 0.25) is 0 Å². The molecule has 4 atom stereocenters. The van der Waals surface area contributed by atoms with E-state index in [9.17, 15) is 15.3 Å². The van der Waals surface area contributed by atoms with Gasteiger partial charge >= 0.3 is 0 Å². The van der Waals surface area contributed by atoms with Gasteiger partial charge in [-0.25, -0.2) is 15.0 Å². The van der Waals surface area contributed by atoms with E-state index in [0.717, 1.165) is 0 Å². The summed E-state index contributed by atoms with van der Waals surface area (Å²) in [5.41, 5.74) is 6.70. The van der Waals surface area contributed by atoms with Crippen molar-refractivity contribution in [1.29, 1.82) is 0 Å². The molecule has 1 unspecified atom stereocenters. The van der Waals surface area contributed by atoms with Gasteiger partial charge in [0.15, 0.2) is 23.2 Å². The zero-order valence-electron chi connectivity index (χ0n) is 13.4. The highest BCUT2D eigenvalue weighted by Crippen LogP contribution is 2.36. The Balaban J connectivity index is 1.84. The molecule has 2 saturated heterocycles. The van der Waals surface area contributed by atoms with Crippen LogP contribution in [0.5, 0.6) is 0 Å². The van der Waals surface area contributed by atoms with Crippen molar-refractivity contribution in [2.45, 2.75) is 24.5 Å². The molecule has 11 heteroatoms. The van der Waals surface area contributed by atoms with Crippen LogP contribution < -0.4 is 10.6 Å². The number of ether oxygens (including phenoxy) is 2. The second-order valence-electron chi connectivity index (χ2n) is 6.04. The second-order valence-corrected chi connectivity index (χ2v) is 6.04. The number of morpholine rings is 1. The smallest absolute Gasteiger partial charge is 0.210 e. The number of nitrogen functional groups attached to an aromatic ring is 1. The average Bonchev–Trinajstić information content (AvgIpc) is 3.15. The monoisotopic (exact) mass is 352 g/mol. The third-order valence-electron chi connectivity index (χ3n) is 4.55. The molecular formula is C14H20N6O5. The first-order valence-electron chi connectivity index (χ1n) is 8.05. The minimum Gasteiger partial charge on any atom is -0.394 e. The lowest BCUT2D eigenvalue weighted by Gasteiger charge is -2.30. The summed E-state index contributed by atoms with van der Waals surface area (Å²) in [6.45, 7) is 1.88. The molecule has 0 saturated carbocycles. The zero-order chi connectivity index (χ0) is 17.6. The molecule has 2 aromatic heterocycles. The van der Waals surface area contributed by atoms with E-state index < -0.39 is 31.1 Å². The Hall–Kier alpha value is -2.05. The van der Waals surface area contributed by atoms with Gasteiger partial charge in [0.2, 0.25) is 5.95 Å². The van der Waals surface area contributed by atoms with E-state index in [1.807, 2.05) is 4.90 Å². The van der Waals surface area contributed by atoms with Crippen molar-refractivity contribution in [3.63, 3.8) is 0 Å². The number of rotatable bonds is 3. The van der Waals surface area contributed by atoms with Crippen LogP contribution in [-0.4, -0.2) is 86.1 Å². The molecule has 0 spiro atoms. The Morgan fingerprint density at radius 1 is 1.20 bits per heavy atom. The minimum absolute atomic E-state index is 0.213. The highest BCUT2D eigenvalue weighted by molar-refractivity contribution is 5.84. The fraction of sp³-hybridized carbons (Fsp3) is 0.643. The number of hydrogen-bond acceptors (Lipinski definition) is 10. The predicted octanol–water partition coefficient (Wildman–Crippen LogP) is -2.14. The van der Waals surface area contributed by atoms with E-state index in [-0.39, 0.29) is 5.82 Å². The molecule has 4 rings (SSSR count). The number of hydrogen-bond donors (Lipinski definition) is 4. The Morgan fingerprint density at radius 2 is 1.96 bits per heavy atom.